The van der Waals surface area contributed by atoms with Gasteiger partial charge in [-0.15, -0.1) is 0 Å². The van der Waals surface area contributed by atoms with Gasteiger partial charge in [0.15, 0.2) is 0 Å². The van der Waals surface area contributed by atoms with E-state index in [4.69, 9.17) is 16.3 Å². The number of halogens is 1. The summed E-state index contributed by atoms with van der Waals surface area (Å²) in [5.74, 6) is 0.472. The minimum absolute atomic E-state index is 0.125. The number of anilines is 3. The van der Waals surface area contributed by atoms with Gasteiger partial charge in [-0.3, -0.25) is 4.79 Å². The van der Waals surface area contributed by atoms with E-state index >= 15 is 0 Å². The Hall–Kier alpha value is -2.40. The second-order valence-electron chi connectivity index (χ2n) is 5.65. The molecule has 128 valence electrons. The lowest BCUT2D eigenvalue weighted by Crippen LogP contribution is -2.31. The van der Waals surface area contributed by atoms with Crippen LogP contribution in [0.3, 0.4) is 0 Å². The Balaban J connectivity index is 1.97. The first-order chi connectivity index (χ1) is 11.4. The molecule has 0 heterocycles. The minimum Gasteiger partial charge on any atom is -0.495 e. The van der Waals surface area contributed by atoms with Gasteiger partial charge in [-0.25, -0.2) is 0 Å². The summed E-state index contributed by atoms with van der Waals surface area (Å²) in [7, 11) is 5.51. The maximum atomic E-state index is 12.3. The molecule has 0 aliphatic carbocycles. The molecule has 2 N–H and O–H groups in total. The summed E-state index contributed by atoms with van der Waals surface area (Å²) in [5.41, 5.74) is 2.59. The normalized spacial score (nSPS) is 11.5. The first-order valence-corrected chi connectivity index (χ1v) is 7.97. The Morgan fingerprint density at radius 1 is 1.12 bits per heavy atom. The summed E-state index contributed by atoms with van der Waals surface area (Å²) in [6.45, 7) is 1.79. The third kappa shape index (κ3) is 4.55. The summed E-state index contributed by atoms with van der Waals surface area (Å²) in [6.07, 6.45) is 0. The molecule has 0 aliphatic heterocycles. The number of carbonyl (C=O) groups is 1. The lowest BCUT2D eigenvalue weighted by atomic mass is 10.2. The lowest BCUT2D eigenvalue weighted by Gasteiger charge is -2.17. The largest absolute Gasteiger partial charge is 0.495 e. The molecule has 1 atom stereocenters. The predicted molar refractivity (Wildman–Crippen MR) is 100 cm³/mol. The van der Waals surface area contributed by atoms with Crippen molar-refractivity contribution in [2.45, 2.75) is 13.0 Å². The van der Waals surface area contributed by atoms with Crippen LogP contribution >= 0.6 is 11.6 Å². The van der Waals surface area contributed by atoms with Crippen molar-refractivity contribution >= 4 is 34.6 Å². The molecule has 5 nitrogen and oxygen atoms in total. The molecule has 2 aromatic rings. The molecule has 2 rings (SSSR count). The summed E-state index contributed by atoms with van der Waals surface area (Å²) in [5, 5.41) is 6.51. The number of hydrogen-bond acceptors (Lipinski definition) is 4. The van der Waals surface area contributed by atoms with Crippen LogP contribution in [0.2, 0.25) is 5.02 Å². The number of nitrogens with one attached hydrogen (secondary N) is 2. The fraction of sp³-hybridized carbons (Fsp3) is 0.278. The molecule has 2 aromatic carbocycles. The molecule has 1 amide bonds. The summed E-state index contributed by atoms with van der Waals surface area (Å²) in [6, 6.07) is 12.6. The van der Waals surface area contributed by atoms with Gasteiger partial charge in [-0.1, -0.05) is 11.6 Å². The highest BCUT2D eigenvalue weighted by molar-refractivity contribution is 6.32. The SMILES string of the molecule is COc1ccc(NC(C)C(=O)Nc2ccc(N(C)C)cc2)cc1Cl. The number of nitrogens with zero attached hydrogens (tertiary/aromatic N) is 1. The van der Waals surface area contributed by atoms with Crippen LogP contribution in [0.25, 0.3) is 0 Å². The molecular weight excluding hydrogens is 326 g/mol. The van der Waals surface area contributed by atoms with E-state index in [9.17, 15) is 4.79 Å². The molecule has 0 spiro atoms. The van der Waals surface area contributed by atoms with E-state index in [2.05, 4.69) is 10.6 Å². The van der Waals surface area contributed by atoms with E-state index in [-0.39, 0.29) is 5.91 Å². The number of amides is 1. The molecule has 0 radical (unpaired) electrons. The van der Waals surface area contributed by atoms with Gasteiger partial charge in [-0.05, 0) is 49.4 Å². The zero-order valence-corrected chi connectivity index (χ0v) is 15.0. The Morgan fingerprint density at radius 2 is 1.75 bits per heavy atom. The molecular formula is C18H22ClN3O2. The standard InChI is InChI=1S/C18H22ClN3O2/c1-12(20-14-7-10-17(24-4)16(19)11-14)18(23)21-13-5-8-15(9-6-13)22(2)3/h5-12,20H,1-4H3,(H,21,23). The van der Waals surface area contributed by atoms with Crippen molar-refractivity contribution < 1.29 is 9.53 Å². The highest BCUT2D eigenvalue weighted by atomic mass is 35.5. The lowest BCUT2D eigenvalue weighted by molar-refractivity contribution is -0.116. The van der Waals surface area contributed by atoms with Crippen molar-refractivity contribution in [1.29, 1.82) is 0 Å². The second kappa shape index (κ2) is 7.93. The second-order valence-corrected chi connectivity index (χ2v) is 6.05. The summed E-state index contributed by atoms with van der Waals surface area (Å²) >= 11 is 6.09. The molecule has 0 fully saturated rings. The fourth-order valence-corrected chi connectivity index (χ4v) is 2.42. The Kier molecular flexibility index (Phi) is 5.93. The van der Waals surface area contributed by atoms with Crippen molar-refractivity contribution in [1.82, 2.24) is 0 Å². The number of methoxy groups -OCH3 is 1. The molecule has 0 aromatic heterocycles. The zero-order valence-electron chi connectivity index (χ0n) is 14.3. The monoisotopic (exact) mass is 347 g/mol. The Morgan fingerprint density at radius 3 is 2.29 bits per heavy atom. The highest BCUT2D eigenvalue weighted by Gasteiger charge is 2.13. The van der Waals surface area contributed by atoms with Gasteiger partial charge >= 0.3 is 0 Å². The van der Waals surface area contributed by atoms with Crippen LogP contribution in [0.5, 0.6) is 5.75 Å². The van der Waals surface area contributed by atoms with Gasteiger partial charge in [0.05, 0.1) is 12.1 Å². The molecule has 24 heavy (non-hydrogen) atoms. The van der Waals surface area contributed by atoms with Crippen molar-refractivity contribution in [2.75, 3.05) is 36.7 Å². The quantitative estimate of drug-likeness (QED) is 0.833. The van der Waals surface area contributed by atoms with Crippen LogP contribution in [0.15, 0.2) is 42.5 Å². The molecule has 0 saturated carbocycles. The number of ether oxygens (including phenoxy) is 1. The number of carbonyl (C=O) groups excluding carboxylic acids is 1. The van der Waals surface area contributed by atoms with Gasteiger partial charge < -0.3 is 20.3 Å². The van der Waals surface area contributed by atoms with Crippen LogP contribution in [-0.2, 0) is 4.79 Å². The van der Waals surface area contributed by atoms with Gasteiger partial charge in [0, 0.05) is 31.2 Å². The molecule has 1 unspecified atom stereocenters. The predicted octanol–water partition coefficient (Wildman–Crippen LogP) is 3.85. The maximum absolute atomic E-state index is 12.3. The Bertz CT molecular complexity index is 702. The average molecular weight is 348 g/mol. The van der Waals surface area contributed by atoms with Crippen LogP contribution in [-0.4, -0.2) is 33.2 Å². The van der Waals surface area contributed by atoms with Gasteiger partial charge in [0.25, 0.3) is 0 Å². The Labute approximate surface area is 147 Å². The third-order valence-electron chi connectivity index (χ3n) is 3.58. The first kappa shape index (κ1) is 17.9. The van der Waals surface area contributed by atoms with E-state index < -0.39 is 6.04 Å². The molecule has 0 bridgehead atoms. The van der Waals surface area contributed by atoms with Crippen molar-refractivity contribution in [3.8, 4) is 5.75 Å². The van der Waals surface area contributed by atoms with Crippen LogP contribution in [0.1, 0.15) is 6.92 Å². The molecule has 0 aliphatic rings. The summed E-state index contributed by atoms with van der Waals surface area (Å²) < 4.78 is 5.12. The van der Waals surface area contributed by atoms with Crippen LogP contribution < -0.4 is 20.3 Å². The summed E-state index contributed by atoms with van der Waals surface area (Å²) in [4.78, 5) is 14.3. The van der Waals surface area contributed by atoms with Gasteiger partial charge in [0.2, 0.25) is 5.91 Å². The third-order valence-corrected chi connectivity index (χ3v) is 3.87. The van der Waals surface area contributed by atoms with Gasteiger partial charge in [-0.2, -0.15) is 0 Å². The number of benzene rings is 2. The average Bonchev–Trinajstić information content (AvgIpc) is 2.55. The van der Waals surface area contributed by atoms with E-state index in [0.717, 1.165) is 17.1 Å². The van der Waals surface area contributed by atoms with E-state index in [1.54, 1.807) is 26.2 Å². The smallest absolute Gasteiger partial charge is 0.246 e. The fourth-order valence-electron chi connectivity index (χ4n) is 2.17. The minimum atomic E-state index is -0.414. The highest BCUT2D eigenvalue weighted by Crippen LogP contribution is 2.27. The zero-order chi connectivity index (χ0) is 17.7. The first-order valence-electron chi connectivity index (χ1n) is 7.59. The topological polar surface area (TPSA) is 53.6 Å². The van der Waals surface area contributed by atoms with E-state index in [1.807, 2.05) is 49.3 Å². The van der Waals surface area contributed by atoms with Crippen LogP contribution in [0.4, 0.5) is 17.1 Å². The molecule has 6 heteroatoms. The maximum Gasteiger partial charge on any atom is 0.246 e. The van der Waals surface area contributed by atoms with Crippen molar-refractivity contribution in [2.24, 2.45) is 0 Å². The number of rotatable bonds is 6. The number of hydrogen-bond donors (Lipinski definition) is 2. The van der Waals surface area contributed by atoms with E-state index in [1.165, 1.54) is 0 Å². The van der Waals surface area contributed by atoms with Gasteiger partial charge in [0.1, 0.15) is 11.8 Å². The van der Waals surface area contributed by atoms with E-state index in [0.29, 0.717) is 10.8 Å². The van der Waals surface area contributed by atoms with Crippen molar-refractivity contribution in [3.05, 3.63) is 47.5 Å². The van der Waals surface area contributed by atoms with Crippen molar-refractivity contribution in [3.63, 3.8) is 0 Å². The molecule has 0 saturated heterocycles. The van der Waals surface area contributed by atoms with Crippen LogP contribution in [0, 0.1) is 0 Å².